The maximum absolute atomic E-state index is 13.1. The van der Waals surface area contributed by atoms with Gasteiger partial charge in [-0.15, -0.1) is 0 Å². The van der Waals surface area contributed by atoms with Gasteiger partial charge >= 0.3 is 0 Å². The van der Waals surface area contributed by atoms with Crippen molar-refractivity contribution in [1.29, 1.82) is 0 Å². The number of anilines is 1. The van der Waals surface area contributed by atoms with Crippen molar-refractivity contribution in [1.82, 2.24) is 4.90 Å². The summed E-state index contributed by atoms with van der Waals surface area (Å²) in [7, 11) is 0. The summed E-state index contributed by atoms with van der Waals surface area (Å²) in [5.74, 6) is -1.55. The second kappa shape index (κ2) is 6.10. The fourth-order valence-corrected chi connectivity index (χ4v) is 3.50. The van der Waals surface area contributed by atoms with E-state index < -0.39 is 5.82 Å². The minimum atomic E-state index is -0.406. The first-order valence-corrected chi connectivity index (χ1v) is 7.88. The van der Waals surface area contributed by atoms with Gasteiger partial charge in [-0.25, -0.2) is 4.39 Å². The Kier molecular flexibility index (Phi) is 4.15. The Morgan fingerprint density at radius 3 is 2.13 bits per heavy atom. The van der Waals surface area contributed by atoms with E-state index in [1.807, 2.05) is 0 Å². The summed E-state index contributed by atoms with van der Waals surface area (Å²) in [6, 6.07) is 5.43. The van der Waals surface area contributed by atoms with Crippen LogP contribution in [0.3, 0.4) is 0 Å². The zero-order valence-corrected chi connectivity index (χ0v) is 13.0. The molecule has 1 aliphatic carbocycles. The SMILES string of the molecule is CC(=O)N(CN1C(=O)[C@H]2CCCC[C@H]2C1=O)c1ccc(F)cc1. The van der Waals surface area contributed by atoms with Crippen molar-refractivity contribution in [3.63, 3.8) is 0 Å². The molecule has 1 aliphatic heterocycles. The number of hydrogen-bond donors (Lipinski definition) is 0. The van der Waals surface area contributed by atoms with Crippen molar-refractivity contribution in [3.8, 4) is 0 Å². The van der Waals surface area contributed by atoms with E-state index >= 15 is 0 Å². The van der Waals surface area contributed by atoms with E-state index in [1.165, 1.54) is 41.0 Å². The quantitative estimate of drug-likeness (QED) is 0.804. The van der Waals surface area contributed by atoms with E-state index in [-0.39, 0.29) is 36.2 Å². The van der Waals surface area contributed by atoms with Gasteiger partial charge in [0.25, 0.3) is 0 Å². The molecule has 0 radical (unpaired) electrons. The molecule has 0 N–H and O–H groups in total. The highest BCUT2D eigenvalue weighted by atomic mass is 19.1. The molecule has 2 aliphatic rings. The van der Waals surface area contributed by atoms with Gasteiger partial charge in [0, 0.05) is 12.6 Å². The number of carbonyl (C=O) groups is 3. The van der Waals surface area contributed by atoms with Gasteiger partial charge < -0.3 is 0 Å². The Labute approximate surface area is 134 Å². The molecule has 0 unspecified atom stereocenters. The molecule has 23 heavy (non-hydrogen) atoms. The lowest BCUT2D eigenvalue weighted by Gasteiger charge is -2.26. The highest BCUT2D eigenvalue weighted by molar-refractivity contribution is 6.06. The molecular formula is C17H19FN2O3. The van der Waals surface area contributed by atoms with Crippen LogP contribution in [0.15, 0.2) is 24.3 Å². The van der Waals surface area contributed by atoms with Gasteiger partial charge in [-0.05, 0) is 37.1 Å². The minimum absolute atomic E-state index is 0.106. The van der Waals surface area contributed by atoms with Gasteiger partial charge in [-0.1, -0.05) is 12.8 Å². The fraction of sp³-hybridized carbons (Fsp3) is 0.471. The van der Waals surface area contributed by atoms with Crippen LogP contribution in [-0.2, 0) is 14.4 Å². The Balaban J connectivity index is 1.83. The summed E-state index contributed by atoms with van der Waals surface area (Å²) in [6.07, 6.45) is 3.40. The first kappa shape index (κ1) is 15.6. The minimum Gasteiger partial charge on any atom is -0.294 e. The highest BCUT2D eigenvalue weighted by Gasteiger charge is 2.48. The van der Waals surface area contributed by atoms with Crippen LogP contribution in [0, 0.1) is 17.7 Å². The summed E-state index contributed by atoms with van der Waals surface area (Å²) < 4.78 is 13.1. The summed E-state index contributed by atoms with van der Waals surface area (Å²) in [6.45, 7) is 1.26. The Morgan fingerprint density at radius 1 is 1.13 bits per heavy atom. The number of carbonyl (C=O) groups excluding carboxylic acids is 3. The maximum Gasteiger partial charge on any atom is 0.234 e. The number of benzene rings is 1. The molecule has 3 rings (SSSR count). The molecule has 1 aromatic rings. The van der Waals surface area contributed by atoms with Crippen LogP contribution in [-0.4, -0.2) is 29.3 Å². The fourth-order valence-electron chi connectivity index (χ4n) is 3.50. The number of rotatable bonds is 3. The summed E-state index contributed by atoms with van der Waals surface area (Å²) in [4.78, 5) is 39.4. The maximum atomic E-state index is 13.1. The van der Waals surface area contributed by atoms with Crippen molar-refractivity contribution in [3.05, 3.63) is 30.1 Å². The van der Waals surface area contributed by atoms with Crippen LogP contribution < -0.4 is 4.90 Å². The van der Waals surface area contributed by atoms with Crippen LogP contribution >= 0.6 is 0 Å². The Hall–Kier alpha value is -2.24. The predicted octanol–water partition coefficient (Wildman–Crippen LogP) is 2.31. The molecule has 3 amide bonds. The van der Waals surface area contributed by atoms with Gasteiger partial charge in [0.2, 0.25) is 17.7 Å². The van der Waals surface area contributed by atoms with Gasteiger partial charge in [-0.2, -0.15) is 0 Å². The van der Waals surface area contributed by atoms with E-state index in [1.54, 1.807) is 0 Å². The highest BCUT2D eigenvalue weighted by Crippen LogP contribution is 2.38. The number of halogens is 1. The molecule has 1 saturated heterocycles. The second-order valence-electron chi connectivity index (χ2n) is 6.17. The molecule has 0 spiro atoms. The van der Waals surface area contributed by atoms with Crippen molar-refractivity contribution in [2.45, 2.75) is 32.6 Å². The average Bonchev–Trinajstić information content (AvgIpc) is 2.78. The van der Waals surface area contributed by atoms with Crippen molar-refractivity contribution >= 4 is 23.4 Å². The summed E-state index contributed by atoms with van der Waals surface area (Å²) in [5, 5.41) is 0. The first-order chi connectivity index (χ1) is 11.0. The van der Waals surface area contributed by atoms with Crippen molar-refractivity contribution < 1.29 is 18.8 Å². The van der Waals surface area contributed by atoms with Crippen molar-refractivity contribution in [2.75, 3.05) is 11.6 Å². The molecule has 1 saturated carbocycles. The monoisotopic (exact) mass is 318 g/mol. The predicted molar refractivity (Wildman–Crippen MR) is 81.7 cm³/mol. The number of nitrogens with zero attached hydrogens (tertiary/aromatic N) is 2. The van der Waals surface area contributed by atoms with Gasteiger partial charge in [0.15, 0.2) is 0 Å². The van der Waals surface area contributed by atoms with Crippen LogP contribution in [0.5, 0.6) is 0 Å². The third-order valence-electron chi connectivity index (χ3n) is 4.73. The molecule has 0 aromatic heterocycles. The van der Waals surface area contributed by atoms with E-state index in [0.717, 1.165) is 25.7 Å². The van der Waals surface area contributed by atoms with E-state index in [2.05, 4.69) is 0 Å². The molecule has 5 nitrogen and oxygen atoms in total. The first-order valence-electron chi connectivity index (χ1n) is 7.88. The molecule has 0 bridgehead atoms. The standard InChI is InChI=1S/C17H19FN2O3/c1-11(21)19(13-8-6-12(18)7-9-13)10-20-16(22)14-4-2-3-5-15(14)17(20)23/h6-9,14-15H,2-5,10H2,1H3/t14-,15+. The molecule has 6 heteroatoms. The Morgan fingerprint density at radius 2 is 1.65 bits per heavy atom. The lowest BCUT2D eigenvalue weighted by Crippen LogP contribution is -2.44. The smallest absolute Gasteiger partial charge is 0.234 e. The molecule has 1 heterocycles. The van der Waals surface area contributed by atoms with Crippen LogP contribution in [0.2, 0.25) is 0 Å². The molecule has 122 valence electrons. The van der Waals surface area contributed by atoms with E-state index in [4.69, 9.17) is 0 Å². The lowest BCUT2D eigenvalue weighted by atomic mass is 9.81. The lowest BCUT2D eigenvalue weighted by molar-refractivity contribution is -0.140. The number of likely N-dealkylation sites (tertiary alicyclic amines) is 1. The number of imide groups is 1. The third-order valence-corrected chi connectivity index (χ3v) is 4.73. The van der Waals surface area contributed by atoms with Gasteiger partial charge in [0.05, 0.1) is 11.8 Å². The molecular weight excluding hydrogens is 299 g/mol. The van der Waals surface area contributed by atoms with Crippen LogP contribution in [0.25, 0.3) is 0 Å². The molecule has 1 aromatic carbocycles. The van der Waals surface area contributed by atoms with E-state index in [0.29, 0.717) is 5.69 Å². The normalized spacial score (nSPS) is 23.8. The third kappa shape index (κ3) is 2.85. The Bertz CT molecular complexity index is 620. The number of hydrogen-bond acceptors (Lipinski definition) is 3. The summed E-state index contributed by atoms with van der Waals surface area (Å²) >= 11 is 0. The topological polar surface area (TPSA) is 57.7 Å². The van der Waals surface area contributed by atoms with Crippen LogP contribution in [0.1, 0.15) is 32.6 Å². The largest absolute Gasteiger partial charge is 0.294 e. The van der Waals surface area contributed by atoms with Crippen LogP contribution in [0.4, 0.5) is 10.1 Å². The van der Waals surface area contributed by atoms with Gasteiger partial charge in [0.1, 0.15) is 12.5 Å². The second-order valence-corrected chi connectivity index (χ2v) is 6.17. The molecule has 2 fully saturated rings. The molecule has 2 atom stereocenters. The van der Waals surface area contributed by atoms with E-state index in [9.17, 15) is 18.8 Å². The zero-order valence-electron chi connectivity index (χ0n) is 13.0. The zero-order chi connectivity index (χ0) is 16.6. The average molecular weight is 318 g/mol. The van der Waals surface area contributed by atoms with Gasteiger partial charge in [-0.3, -0.25) is 24.2 Å². The number of amides is 3. The summed E-state index contributed by atoms with van der Waals surface area (Å²) in [5.41, 5.74) is 0.467. The number of fused-ring (bicyclic) bond motifs is 1. The van der Waals surface area contributed by atoms with Crippen molar-refractivity contribution in [2.24, 2.45) is 11.8 Å².